The standard InChI is InChI=1S/C17H26O2/c1-12-13-6-10-17(11-18)8-4-3-5-15(17)16(13,2)9-7-14(12)19/h5,12-13,18H,3-4,6-11H2,1-2H3/t12-,13-,16?,17+/m0/s1. The highest BCUT2D eigenvalue weighted by Crippen LogP contribution is 2.62. The van der Waals surface area contributed by atoms with Gasteiger partial charge in [-0.1, -0.05) is 25.5 Å². The summed E-state index contributed by atoms with van der Waals surface area (Å²) >= 11 is 0. The second kappa shape index (κ2) is 4.44. The van der Waals surface area contributed by atoms with Crippen molar-refractivity contribution in [2.45, 2.75) is 58.8 Å². The van der Waals surface area contributed by atoms with E-state index in [2.05, 4.69) is 19.9 Å². The van der Waals surface area contributed by atoms with Crippen LogP contribution in [0.1, 0.15) is 58.8 Å². The lowest BCUT2D eigenvalue weighted by Crippen LogP contribution is -2.51. The predicted octanol–water partition coefficient (Wildman–Crippen LogP) is 3.49. The first kappa shape index (κ1) is 13.4. The van der Waals surface area contributed by atoms with Crippen LogP contribution in [0.25, 0.3) is 0 Å². The topological polar surface area (TPSA) is 37.3 Å². The van der Waals surface area contributed by atoms with E-state index < -0.39 is 0 Å². The molecule has 2 heteroatoms. The molecule has 2 nitrogen and oxygen atoms in total. The van der Waals surface area contributed by atoms with Crippen LogP contribution in [-0.2, 0) is 4.79 Å². The van der Waals surface area contributed by atoms with E-state index in [1.807, 2.05) is 0 Å². The Balaban J connectivity index is 2.03. The highest BCUT2D eigenvalue weighted by molar-refractivity contribution is 5.82. The number of hydrogen-bond donors (Lipinski definition) is 1. The van der Waals surface area contributed by atoms with Crippen LogP contribution in [-0.4, -0.2) is 17.5 Å². The number of aliphatic hydroxyl groups excluding tert-OH is 1. The van der Waals surface area contributed by atoms with Gasteiger partial charge in [-0.15, -0.1) is 0 Å². The fourth-order valence-electron chi connectivity index (χ4n) is 5.29. The normalized spacial score (nSPS) is 46.3. The van der Waals surface area contributed by atoms with Crippen molar-refractivity contribution in [3.63, 3.8) is 0 Å². The van der Waals surface area contributed by atoms with Gasteiger partial charge in [0, 0.05) is 17.8 Å². The summed E-state index contributed by atoms with van der Waals surface area (Å²) in [5.74, 6) is 1.16. The van der Waals surface area contributed by atoms with E-state index in [1.165, 1.54) is 12.0 Å². The fourth-order valence-corrected chi connectivity index (χ4v) is 5.29. The van der Waals surface area contributed by atoms with Gasteiger partial charge in [0.25, 0.3) is 0 Å². The number of fused-ring (bicyclic) bond motifs is 3. The van der Waals surface area contributed by atoms with Crippen molar-refractivity contribution >= 4 is 5.78 Å². The third-order valence-corrected chi connectivity index (χ3v) is 6.45. The smallest absolute Gasteiger partial charge is 0.136 e. The minimum absolute atomic E-state index is 0.0452. The van der Waals surface area contributed by atoms with Gasteiger partial charge in [0.1, 0.15) is 5.78 Å². The van der Waals surface area contributed by atoms with E-state index >= 15 is 0 Å². The molecular weight excluding hydrogens is 236 g/mol. The van der Waals surface area contributed by atoms with E-state index in [9.17, 15) is 9.90 Å². The molecule has 0 heterocycles. The molecule has 3 rings (SSSR count). The lowest BCUT2D eigenvalue weighted by molar-refractivity contribution is -0.132. The molecule has 3 aliphatic rings. The Morgan fingerprint density at radius 2 is 2.16 bits per heavy atom. The molecule has 0 aliphatic heterocycles. The number of hydrogen-bond acceptors (Lipinski definition) is 2. The number of rotatable bonds is 1. The molecule has 0 bridgehead atoms. The van der Waals surface area contributed by atoms with Crippen molar-refractivity contribution < 1.29 is 9.90 Å². The van der Waals surface area contributed by atoms with Crippen molar-refractivity contribution in [1.82, 2.24) is 0 Å². The molecule has 4 atom stereocenters. The average Bonchev–Trinajstić information content (AvgIpc) is 2.43. The molecule has 0 aromatic heterocycles. The summed E-state index contributed by atoms with van der Waals surface area (Å²) < 4.78 is 0. The minimum atomic E-state index is 0.0452. The molecule has 0 aromatic carbocycles. The maximum Gasteiger partial charge on any atom is 0.136 e. The minimum Gasteiger partial charge on any atom is -0.395 e. The Morgan fingerprint density at radius 1 is 1.37 bits per heavy atom. The maximum absolute atomic E-state index is 12.0. The molecule has 2 fully saturated rings. The second-order valence-electron chi connectivity index (χ2n) is 7.27. The Morgan fingerprint density at radius 3 is 2.89 bits per heavy atom. The van der Waals surface area contributed by atoms with Crippen LogP contribution >= 0.6 is 0 Å². The van der Waals surface area contributed by atoms with Crippen LogP contribution in [0.4, 0.5) is 0 Å². The molecule has 0 saturated heterocycles. The van der Waals surface area contributed by atoms with Crippen LogP contribution in [0.5, 0.6) is 0 Å². The van der Waals surface area contributed by atoms with Gasteiger partial charge in [-0.3, -0.25) is 4.79 Å². The number of allylic oxidation sites excluding steroid dienone is 1. The summed E-state index contributed by atoms with van der Waals surface area (Å²) in [7, 11) is 0. The lowest BCUT2D eigenvalue weighted by Gasteiger charge is -2.57. The summed E-state index contributed by atoms with van der Waals surface area (Å²) in [6.45, 7) is 4.78. The third-order valence-electron chi connectivity index (χ3n) is 6.45. The zero-order chi connectivity index (χ0) is 13.7. The predicted molar refractivity (Wildman–Crippen MR) is 75.7 cm³/mol. The van der Waals surface area contributed by atoms with E-state index in [0.717, 1.165) is 38.5 Å². The fraction of sp³-hybridized carbons (Fsp3) is 0.824. The van der Waals surface area contributed by atoms with E-state index in [1.54, 1.807) is 0 Å². The Kier molecular flexibility index (Phi) is 3.12. The summed E-state index contributed by atoms with van der Waals surface area (Å²) in [5.41, 5.74) is 1.71. The third kappa shape index (κ3) is 1.75. The van der Waals surface area contributed by atoms with Gasteiger partial charge in [-0.25, -0.2) is 0 Å². The van der Waals surface area contributed by atoms with Gasteiger partial charge in [0.05, 0.1) is 6.61 Å². The first-order valence-corrected chi connectivity index (χ1v) is 7.88. The second-order valence-corrected chi connectivity index (χ2v) is 7.27. The molecule has 19 heavy (non-hydrogen) atoms. The zero-order valence-electron chi connectivity index (χ0n) is 12.2. The first-order chi connectivity index (χ1) is 9.03. The molecule has 0 spiro atoms. The van der Waals surface area contributed by atoms with Gasteiger partial charge in [0.2, 0.25) is 0 Å². The summed E-state index contributed by atoms with van der Waals surface area (Å²) in [4.78, 5) is 12.0. The average molecular weight is 262 g/mol. The molecular formula is C17H26O2. The first-order valence-electron chi connectivity index (χ1n) is 7.88. The largest absolute Gasteiger partial charge is 0.395 e. The van der Waals surface area contributed by atoms with Crippen molar-refractivity contribution in [2.75, 3.05) is 6.61 Å². The van der Waals surface area contributed by atoms with Crippen molar-refractivity contribution in [3.8, 4) is 0 Å². The number of carbonyl (C=O) groups is 1. The van der Waals surface area contributed by atoms with Crippen LogP contribution in [0, 0.1) is 22.7 Å². The highest BCUT2D eigenvalue weighted by Gasteiger charge is 2.55. The molecule has 0 radical (unpaired) electrons. The van der Waals surface area contributed by atoms with Gasteiger partial charge in [-0.05, 0) is 49.9 Å². The van der Waals surface area contributed by atoms with Crippen LogP contribution in [0.15, 0.2) is 11.6 Å². The van der Waals surface area contributed by atoms with Crippen molar-refractivity contribution in [3.05, 3.63) is 11.6 Å². The quantitative estimate of drug-likeness (QED) is 0.734. The number of Topliss-reactive ketones (excluding diaryl/α,β-unsaturated/α-hetero) is 1. The van der Waals surface area contributed by atoms with Gasteiger partial charge >= 0.3 is 0 Å². The molecule has 3 aliphatic carbocycles. The molecule has 106 valence electrons. The molecule has 2 saturated carbocycles. The zero-order valence-corrected chi connectivity index (χ0v) is 12.2. The lowest BCUT2D eigenvalue weighted by atomic mass is 9.47. The highest BCUT2D eigenvalue weighted by atomic mass is 16.3. The van der Waals surface area contributed by atoms with E-state index in [0.29, 0.717) is 18.3 Å². The van der Waals surface area contributed by atoms with Crippen molar-refractivity contribution in [1.29, 1.82) is 0 Å². The van der Waals surface area contributed by atoms with Gasteiger partial charge in [-0.2, -0.15) is 0 Å². The summed E-state index contributed by atoms with van der Waals surface area (Å²) in [6, 6.07) is 0. The number of carbonyl (C=O) groups excluding carboxylic acids is 1. The molecule has 1 unspecified atom stereocenters. The van der Waals surface area contributed by atoms with Crippen LogP contribution in [0.3, 0.4) is 0 Å². The SMILES string of the molecule is C[C@@H]1C(=O)CCC2(C)C3=CCCC[C@]3(CO)CC[C@@H]12. The Labute approximate surface area is 116 Å². The Bertz CT molecular complexity index is 425. The summed E-state index contributed by atoms with van der Waals surface area (Å²) in [5, 5.41) is 9.99. The molecule has 0 aromatic rings. The summed E-state index contributed by atoms with van der Waals surface area (Å²) in [6.07, 6.45) is 9.82. The maximum atomic E-state index is 12.0. The van der Waals surface area contributed by atoms with Crippen LogP contribution < -0.4 is 0 Å². The van der Waals surface area contributed by atoms with Gasteiger partial charge in [0.15, 0.2) is 0 Å². The molecule has 1 N–H and O–H groups in total. The monoisotopic (exact) mass is 262 g/mol. The number of ketones is 1. The Hall–Kier alpha value is -0.630. The van der Waals surface area contributed by atoms with Crippen LogP contribution in [0.2, 0.25) is 0 Å². The van der Waals surface area contributed by atoms with Gasteiger partial charge < -0.3 is 5.11 Å². The number of aliphatic hydroxyl groups is 1. The molecule has 0 amide bonds. The van der Waals surface area contributed by atoms with E-state index in [4.69, 9.17) is 0 Å². The van der Waals surface area contributed by atoms with Crippen molar-refractivity contribution in [2.24, 2.45) is 22.7 Å². The van der Waals surface area contributed by atoms with E-state index in [-0.39, 0.29) is 16.7 Å².